The number of methoxy groups -OCH3 is 1. The first-order valence-electron chi connectivity index (χ1n) is 6.21. The highest BCUT2D eigenvalue weighted by molar-refractivity contribution is 5.80. The van der Waals surface area contributed by atoms with E-state index in [1.807, 2.05) is 13.8 Å². The molecule has 0 bridgehead atoms. The molecule has 106 valence electrons. The van der Waals surface area contributed by atoms with Crippen molar-refractivity contribution in [1.82, 2.24) is 15.3 Å². The number of nitrogens with zero attached hydrogens (tertiary/aromatic N) is 2. The number of nitrogens with two attached hydrogens (primary N) is 1. The number of hydrogen-bond donors (Lipinski definition) is 3. The molecule has 0 aliphatic carbocycles. The number of rotatable bonds is 7. The molecule has 7 nitrogen and oxygen atoms in total. The van der Waals surface area contributed by atoms with Crippen LogP contribution in [0.2, 0.25) is 0 Å². The Morgan fingerprint density at radius 3 is 2.79 bits per heavy atom. The predicted molar refractivity (Wildman–Crippen MR) is 73.9 cm³/mol. The molecular weight excluding hydrogens is 246 g/mol. The summed E-state index contributed by atoms with van der Waals surface area (Å²) < 4.78 is 4.85. The lowest BCUT2D eigenvalue weighted by atomic mass is 10.3. The fourth-order valence-electron chi connectivity index (χ4n) is 1.43. The third-order valence-electron chi connectivity index (χ3n) is 2.59. The van der Waals surface area contributed by atoms with Crippen molar-refractivity contribution in [3.63, 3.8) is 0 Å². The van der Waals surface area contributed by atoms with Crippen molar-refractivity contribution in [3.8, 4) is 0 Å². The van der Waals surface area contributed by atoms with Gasteiger partial charge in [0.25, 0.3) is 0 Å². The highest BCUT2D eigenvalue weighted by Crippen LogP contribution is 2.16. The minimum atomic E-state index is -0.119. The van der Waals surface area contributed by atoms with E-state index in [1.54, 1.807) is 7.11 Å². The van der Waals surface area contributed by atoms with E-state index in [-0.39, 0.29) is 12.5 Å². The van der Waals surface area contributed by atoms with E-state index in [2.05, 4.69) is 20.6 Å². The number of aryl methyl sites for hydroxylation is 1. The average Bonchev–Trinajstić information content (AvgIpc) is 2.40. The maximum Gasteiger partial charge on any atom is 0.239 e. The van der Waals surface area contributed by atoms with Gasteiger partial charge in [0.1, 0.15) is 17.5 Å². The molecule has 1 aromatic heterocycles. The van der Waals surface area contributed by atoms with Crippen LogP contribution < -0.4 is 16.4 Å². The van der Waals surface area contributed by atoms with Crippen LogP contribution in [-0.4, -0.2) is 42.7 Å². The molecule has 0 aliphatic rings. The first-order valence-corrected chi connectivity index (χ1v) is 6.21. The van der Waals surface area contributed by atoms with Gasteiger partial charge in [-0.25, -0.2) is 9.97 Å². The number of aromatic nitrogens is 2. The van der Waals surface area contributed by atoms with Crippen molar-refractivity contribution in [2.75, 3.05) is 37.9 Å². The summed E-state index contributed by atoms with van der Waals surface area (Å²) in [4.78, 5) is 20.0. The second-order valence-corrected chi connectivity index (χ2v) is 4.05. The van der Waals surface area contributed by atoms with Gasteiger partial charge < -0.3 is 21.1 Å². The number of nitrogen functional groups attached to an aromatic ring is 1. The zero-order valence-corrected chi connectivity index (χ0v) is 11.6. The van der Waals surface area contributed by atoms with Crippen LogP contribution in [0.1, 0.15) is 18.3 Å². The van der Waals surface area contributed by atoms with E-state index in [0.717, 1.165) is 5.56 Å². The van der Waals surface area contributed by atoms with Crippen LogP contribution in [0.15, 0.2) is 0 Å². The summed E-state index contributed by atoms with van der Waals surface area (Å²) in [7, 11) is 1.59. The number of amides is 1. The molecule has 1 rings (SSSR count). The van der Waals surface area contributed by atoms with Gasteiger partial charge in [0, 0.05) is 25.6 Å². The van der Waals surface area contributed by atoms with E-state index in [0.29, 0.717) is 37.0 Å². The van der Waals surface area contributed by atoms with E-state index in [1.165, 1.54) is 0 Å². The molecule has 0 radical (unpaired) electrons. The molecule has 0 atom stereocenters. The number of anilines is 2. The molecule has 19 heavy (non-hydrogen) atoms. The fraction of sp³-hybridized carbons (Fsp3) is 0.583. The Balaban J connectivity index is 2.57. The van der Waals surface area contributed by atoms with Crippen LogP contribution in [-0.2, 0) is 16.0 Å². The van der Waals surface area contributed by atoms with Crippen LogP contribution in [0.3, 0.4) is 0 Å². The Hall–Kier alpha value is -1.89. The predicted octanol–water partition coefficient (Wildman–Crippen LogP) is 0.104. The third kappa shape index (κ3) is 4.70. The molecular formula is C12H21N5O2. The molecule has 7 heteroatoms. The summed E-state index contributed by atoms with van der Waals surface area (Å²) in [5.74, 6) is 1.58. The van der Waals surface area contributed by atoms with Crippen molar-refractivity contribution in [2.24, 2.45) is 0 Å². The van der Waals surface area contributed by atoms with Crippen molar-refractivity contribution in [1.29, 1.82) is 0 Å². The van der Waals surface area contributed by atoms with Gasteiger partial charge >= 0.3 is 0 Å². The number of carbonyl (C=O) groups is 1. The van der Waals surface area contributed by atoms with Gasteiger partial charge in [-0.3, -0.25) is 4.79 Å². The van der Waals surface area contributed by atoms with Gasteiger partial charge in [-0.05, 0) is 6.92 Å². The number of carbonyl (C=O) groups excluding carboxylic acids is 1. The van der Waals surface area contributed by atoms with Gasteiger partial charge in [0.15, 0.2) is 0 Å². The molecule has 0 aliphatic heterocycles. The number of ether oxygens (including phenoxy) is 1. The van der Waals surface area contributed by atoms with Crippen molar-refractivity contribution >= 4 is 17.5 Å². The Bertz CT molecular complexity index is 436. The Morgan fingerprint density at radius 2 is 2.16 bits per heavy atom. The largest absolute Gasteiger partial charge is 0.383 e. The number of hydrogen-bond acceptors (Lipinski definition) is 6. The summed E-state index contributed by atoms with van der Waals surface area (Å²) in [6.45, 7) is 4.89. The topological polar surface area (TPSA) is 102 Å². The maximum absolute atomic E-state index is 11.5. The highest BCUT2D eigenvalue weighted by Gasteiger charge is 2.09. The van der Waals surface area contributed by atoms with E-state index in [4.69, 9.17) is 10.5 Å². The average molecular weight is 267 g/mol. The van der Waals surface area contributed by atoms with Gasteiger partial charge in [0.05, 0.1) is 13.2 Å². The van der Waals surface area contributed by atoms with Crippen LogP contribution in [0, 0.1) is 6.92 Å². The lowest BCUT2D eigenvalue weighted by Gasteiger charge is -2.11. The number of nitrogens with one attached hydrogen (secondary N) is 2. The highest BCUT2D eigenvalue weighted by atomic mass is 16.5. The third-order valence-corrected chi connectivity index (χ3v) is 2.59. The van der Waals surface area contributed by atoms with Gasteiger partial charge in [-0.15, -0.1) is 0 Å². The van der Waals surface area contributed by atoms with Crippen molar-refractivity contribution in [2.45, 2.75) is 20.3 Å². The molecule has 1 heterocycles. The lowest BCUT2D eigenvalue weighted by molar-refractivity contribution is -0.119. The maximum atomic E-state index is 11.5. The van der Waals surface area contributed by atoms with E-state index in [9.17, 15) is 4.79 Å². The van der Waals surface area contributed by atoms with E-state index < -0.39 is 0 Å². The van der Waals surface area contributed by atoms with Crippen LogP contribution in [0.5, 0.6) is 0 Å². The Morgan fingerprint density at radius 1 is 1.42 bits per heavy atom. The summed E-state index contributed by atoms with van der Waals surface area (Å²) in [5, 5.41) is 5.69. The molecule has 1 aromatic rings. The van der Waals surface area contributed by atoms with E-state index >= 15 is 0 Å². The second kappa shape index (κ2) is 7.52. The summed E-state index contributed by atoms with van der Waals surface area (Å²) in [5.41, 5.74) is 6.55. The zero-order chi connectivity index (χ0) is 14.3. The van der Waals surface area contributed by atoms with Crippen LogP contribution in [0.4, 0.5) is 11.6 Å². The van der Waals surface area contributed by atoms with Crippen molar-refractivity contribution < 1.29 is 9.53 Å². The lowest BCUT2D eigenvalue weighted by Crippen LogP contribution is -2.32. The molecule has 4 N–H and O–H groups in total. The first kappa shape index (κ1) is 15.2. The SMILES string of the molecule is CCc1nc(N)c(C)c(NCC(=O)NCCOC)n1. The van der Waals surface area contributed by atoms with Gasteiger partial charge in [-0.2, -0.15) is 0 Å². The Labute approximate surface area is 113 Å². The smallest absolute Gasteiger partial charge is 0.239 e. The quantitative estimate of drug-likeness (QED) is 0.606. The minimum Gasteiger partial charge on any atom is -0.383 e. The second-order valence-electron chi connectivity index (χ2n) is 4.05. The zero-order valence-electron chi connectivity index (χ0n) is 11.6. The molecule has 1 amide bonds. The normalized spacial score (nSPS) is 10.3. The molecule has 0 unspecified atom stereocenters. The molecule has 0 aromatic carbocycles. The molecule has 0 fully saturated rings. The standard InChI is InChI=1S/C12H21N5O2/c1-4-9-16-11(13)8(2)12(17-9)15-7-10(18)14-5-6-19-3/h4-7H2,1-3H3,(H,14,18)(H3,13,15,16,17). The Kier molecular flexibility index (Phi) is 6.01. The summed E-state index contributed by atoms with van der Waals surface area (Å²) in [6.07, 6.45) is 0.694. The fourth-order valence-corrected chi connectivity index (χ4v) is 1.43. The van der Waals surface area contributed by atoms with Crippen LogP contribution in [0.25, 0.3) is 0 Å². The molecule has 0 saturated heterocycles. The van der Waals surface area contributed by atoms with Crippen molar-refractivity contribution in [3.05, 3.63) is 11.4 Å². The molecule has 0 saturated carbocycles. The monoisotopic (exact) mass is 267 g/mol. The summed E-state index contributed by atoms with van der Waals surface area (Å²) >= 11 is 0. The molecule has 0 spiro atoms. The first-order chi connectivity index (χ1) is 9.08. The minimum absolute atomic E-state index is 0.119. The summed E-state index contributed by atoms with van der Waals surface area (Å²) in [6, 6.07) is 0. The van der Waals surface area contributed by atoms with Gasteiger partial charge in [-0.1, -0.05) is 6.92 Å². The van der Waals surface area contributed by atoms with Gasteiger partial charge in [0.2, 0.25) is 5.91 Å². The van der Waals surface area contributed by atoms with Crippen LogP contribution >= 0.6 is 0 Å².